The first-order chi connectivity index (χ1) is 20.1. The van der Waals surface area contributed by atoms with E-state index in [0.717, 1.165) is 49.7 Å². The Kier molecular flexibility index (Phi) is 9.83. The zero-order valence-corrected chi connectivity index (χ0v) is 30.3. The molecule has 44 heavy (non-hydrogen) atoms. The van der Waals surface area contributed by atoms with Gasteiger partial charge in [-0.25, -0.2) is 5.56 Å². The third-order valence-electron chi connectivity index (χ3n) is 8.07. The van der Waals surface area contributed by atoms with Gasteiger partial charge in [-0.3, -0.25) is 4.98 Å². The molecule has 0 aliphatic carbocycles. The first kappa shape index (κ1) is 33.9. The second-order valence-electron chi connectivity index (χ2n) is 14.6. The van der Waals surface area contributed by atoms with Crippen LogP contribution in [0.15, 0.2) is 95.9 Å². The van der Waals surface area contributed by atoms with Gasteiger partial charge in [-0.15, -0.1) is 23.3 Å². The zero-order valence-electron chi connectivity index (χ0n) is 27.3. The fourth-order valence-corrected chi connectivity index (χ4v) is 5.40. The zero-order chi connectivity index (χ0) is 31.2. The van der Waals surface area contributed by atoms with E-state index in [4.69, 9.17) is 17.6 Å². The molecular formula is C41H42AuNS. The maximum Gasteiger partial charge on any atom is 3.00 e. The molecule has 0 bridgehead atoms. The first-order valence-electron chi connectivity index (χ1n) is 15.1. The summed E-state index contributed by atoms with van der Waals surface area (Å²) in [4.78, 5) is 5.96. The van der Waals surface area contributed by atoms with Gasteiger partial charge >= 0.3 is 22.4 Å². The van der Waals surface area contributed by atoms with Gasteiger partial charge in [0.15, 0.2) is 0 Å². The van der Waals surface area contributed by atoms with Crippen LogP contribution in [-0.4, -0.2) is 4.98 Å². The molecule has 1 heterocycles. The first-order valence-corrected chi connectivity index (χ1v) is 15.5. The van der Waals surface area contributed by atoms with Gasteiger partial charge < -0.3 is 12.6 Å². The minimum atomic E-state index is 0. The molecule has 0 N–H and O–H groups in total. The van der Waals surface area contributed by atoms with E-state index in [1.54, 1.807) is 0 Å². The molecule has 0 radical (unpaired) electrons. The minimum absolute atomic E-state index is 0. The molecule has 3 heteroatoms. The molecule has 0 amide bonds. The Morgan fingerprint density at radius 2 is 1.11 bits per heavy atom. The molecule has 0 atom stereocenters. The summed E-state index contributed by atoms with van der Waals surface area (Å²) in [7, 11) is 0. The van der Waals surface area contributed by atoms with E-state index in [-0.39, 0.29) is 38.6 Å². The maximum absolute atomic E-state index is 5.77. The van der Waals surface area contributed by atoms with Crippen molar-refractivity contribution < 1.29 is 22.4 Å². The SMILES string of the molecule is CC(C)(C)c1c[c-]c(-c2[c-]c(-c3cccc(-c4cc(C(C)(C)C)ccc4[S-])n3)cc(-c3ccc(C(C)(C)C)cc3)c2)cc1.[Au+3]. The van der Waals surface area contributed by atoms with E-state index in [2.05, 4.69) is 159 Å². The number of benzene rings is 4. The average molecular weight is 778 g/mol. The van der Waals surface area contributed by atoms with Crippen molar-refractivity contribution in [3.8, 4) is 44.8 Å². The Hall–Kier alpha value is -3.01. The molecule has 4 aromatic carbocycles. The molecule has 5 rings (SSSR count). The summed E-state index contributed by atoms with van der Waals surface area (Å²) in [5.41, 5.74) is 12.0. The van der Waals surface area contributed by atoms with E-state index >= 15 is 0 Å². The van der Waals surface area contributed by atoms with E-state index in [9.17, 15) is 0 Å². The molecule has 228 valence electrons. The number of hydrogen-bond acceptors (Lipinski definition) is 2. The Balaban J connectivity index is 0.00000442. The molecule has 5 aromatic rings. The van der Waals surface area contributed by atoms with Crippen LogP contribution >= 0.6 is 0 Å². The number of hydrogen-bond donors (Lipinski definition) is 0. The maximum atomic E-state index is 5.77. The fourth-order valence-electron chi connectivity index (χ4n) is 5.17. The van der Waals surface area contributed by atoms with Gasteiger partial charge in [0.25, 0.3) is 0 Å². The molecule has 0 fully saturated rings. The van der Waals surface area contributed by atoms with Gasteiger partial charge in [-0.05, 0) is 44.6 Å². The van der Waals surface area contributed by atoms with E-state index in [1.165, 1.54) is 16.7 Å². The molecule has 1 aromatic heterocycles. The quantitative estimate of drug-likeness (QED) is 0.102. The summed E-state index contributed by atoms with van der Waals surface area (Å²) < 4.78 is 0. The van der Waals surface area contributed by atoms with Gasteiger partial charge in [0.2, 0.25) is 0 Å². The average Bonchev–Trinajstić information content (AvgIpc) is 2.96. The number of nitrogens with zero attached hydrogens (tertiary/aromatic N) is 1. The van der Waals surface area contributed by atoms with Crippen molar-refractivity contribution in [3.05, 3.63) is 120 Å². The van der Waals surface area contributed by atoms with Gasteiger partial charge in [-0.2, -0.15) is 40.8 Å². The second kappa shape index (κ2) is 12.8. The molecule has 0 aliphatic rings. The Bertz CT molecular complexity index is 1670. The van der Waals surface area contributed by atoms with Crippen molar-refractivity contribution in [1.82, 2.24) is 4.98 Å². The topological polar surface area (TPSA) is 12.9 Å². The molecule has 0 spiro atoms. The van der Waals surface area contributed by atoms with Crippen LogP contribution in [0.3, 0.4) is 0 Å². The molecular weight excluding hydrogens is 735 g/mol. The van der Waals surface area contributed by atoms with Crippen LogP contribution in [0.5, 0.6) is 0 Å². The third-order valence-corrected chi connectivity index (χ3v) is 8.42. The van der Waals surface area contributed by atoms with E-state index in [0.29, 0.717) is 0 Å². The standard InChI is InChI=1S/C41H43NS.Au/c1-39(2,3)32-17-13-27(14-18-32)29-23-30(28-15-19-33(20-16-28)40(4,5)6)25-31(24-29)36-11-10-12-37(42-36)35-26-34(41(7,8)9)21-22-38(35)43;/h10-15,17-24,26,43H,1-9H3;/q-2;+3/p-1. The van der Waals surface area contributed by atoms with Crippen molar-refractivity contribution in [3.63, 3.8) is 0 Å². The van der Waals surface area contributed by atoms with Crippen molar-refractivity contribution in [1.29, 1.82) is 0 Å². The summed E-state index contributed by atoms with van der Waals surface area (Å²) in [6, 6.07) is 39.6. The van der Waals surface area contributed by atoms with Crippen LogP contribution in [0.25, 0.3) is 44.8 Å². The summed E-state index contributed by atoms with van der Waals surface area (Å²) in [5.74, 6) is 0. The smallest absolute Gasteiger partial charge is 0.779 e. The number of pyridine rings is 1. The van der Waals surface area contributed by atoms with Crippen molar-refractivity contribution in [2.75, 3.05) is 0 Å². The van der Waals surface area contributed by atoms with Crippen molar-refractivity contribution >= 4 is 12.6 Å². The van der Waals surface area contributed by atoms with Gasteiger partial charge in [0.1, 0.15) is 0 Å². The van der Waals surface area contributed by atoms with Crippen molar-refractivity contribution in [2.24, 2.45) is 0 Å². The van der Waals surface area contributed by atoms with Crippen molar-refractivity contribution in [2.45, 2.75) is 83.5 Å². The Labute approximate surface area is 286 Å². The predicted octanol–water partition coefficient (Wildman–Crippen LogP) is 11.1. The van der Waals surface area contributed by atoms with Crippen LogP contribution in [0.1, 0.15) is 79.0 Å². The third kappa shape index (κ3) is 7.61. The van der Waals surface area contributed by atoms with Crippen LogP contribution in [0.2, 0.25) is 0 Å². The molecule has 0 saturated heterocycles. The Morgan fingerprint density at radius 1 is 0.545 bits per heavy atom. The monoisotopic (exact) mass is 777 g/mol. The van der Waals surface area contributed by atoms with Crippen LogP contribution in [0.4, 0.5) is 0 Å². The molecule has 0 aliphatic heterocycles. The molecule has 1 nitrogen and oxygen atoms in total. The summed E-state index contributed by atoms with van der Waals surface area (Å²) >= 11 is 5.77. The fraction of sp³-hybridized carbons (Fsp3) is 0.293. The van der Waals surface area contributed by atoms with Crippen LogP contribution in [-0.2, 0) is 51.3 Å². The predicted molar refractivity (Wildman–Crippen MR) is 185 cm³/mol. The minimum Gasteiger partial charge on any atom is -0.779 e. The summed E-state index contributed by atoms with van der Waals surface area (Å²) in [6.45, 7) is 20.1. The van der Waals surface area contributed by atoms with Gasteiger partial charge in [-0.1, -0.05) is 122 Å². The Morgan fingerprint density at radius 3 is 1.70 bits per heavy atom. The molecule has 0 saturated carbocycles. The van der Waals surface area contributed by atoms with E-state index < -0.39 is 0 Å². The number of rotatable bonds is 4. The molecule has 0 unspecified atom stereocenters. The largest absolute Gasteiger partial charge is 3.00 e. The van der Waals surface area contributed by atoms with Gasteiger partial charge in [0, 0.05) is 5.69 Å². The van der Waals surface area contributed by atoms with Crippen LogP contribution in [0, 0.1) is 12.1 Å². The summed E-state index contributed by atoms with van der Waals surface area (Å²) in [6.07, 6.45) is 0. The number of aromatic nitrogens is 1. The van der Waals surface area contributed by atoms with E-state index in [1.807, 2.05) is 6.07 Å². The normalized spacial score (nSPS) is 12.1. The summed E-state index contributed by atoms with van der Waals surface area (Å²) in [5, 5.41) is 0. The van der Waals surface area contributed by atoms with Crippen LogP contribution < -0.4 is 0 Å². The van der Waals surface area contributed by atoms with Gasteiger partial charge in [0.05, 0.1) is 5.69 Å². The second-order valence-corrected chi connectivity index (χ2v) is 15.1.